The number of carbonyl (C=O) groups excluding carboxylic acids is 1. The van der Waals surface area contributed by atoms with Gasteiger partial charge in [0.15, 0.2) is 0 Å². The molecule has 1 aromatic carbocycles. The normalized spacial score (nSPS) is 11.9. The molecule has 0 aliphatic rings. The molecule has 0 aliphatic heterocycles. The van der Waals surface area contributed by atoms with Crippen molar-refractivity contribution < 1.29 is 19.4 Å². The lowest BCUT2D eigenvalue weighted by atomic mass is 10.0. The van der Waals surface area contributed by atoms with Gasteiger partial charge in [0.25, 0.3) is 0 Å². The highest BCUT2D eigenvalue weighted by molar-refractivity contribution is 9.10. The number of anilines is 1. The molecule has 7 heteroatoms. The number of halogens is 1. The number of rotatable bonds is 6. The van der Waals surface area contributed by atoms with E-state index in [0.717, 1.165) is 0 Å². The molecule has 1 rings (SSSR count). The first-order valence-electron chi connectivity index (χ1n) is 6.46. The number of ether oxygens (including phenoxy) is 1. The molecule has 2 amide bonds. The summed E-state index contributed by atoms with van der Waals surface area (Å²) in [5.74, 6) is -0.262. The van der Waals surface area contributed by atoms with Gasteiger partial charge in [-0.3, -0.25) is 4.79 Å². The molecule has 0 aromatic heterocycles. The SMILES string of the molecule is COc1ccc(NC(=O)NC(CC(=O)O)C(C)C)cc1Br. The number of methoxy groups -OCH3 is 1. The van der Waals surface area contributed by atoms with E-state index in [0.29, 0.717) is 15.9 Å². The van der Waals surface area contributed by atoms with Crippen LogP contribution < -0.4 is 15.4 Å². The Labute approximate surface area is 132 Å². The summed E-state index contributed by atoms with van der Waals surface area (Å²) in [4.78, 5) is 22.7. The van der Waals surface area contributed by atoms with Crippen molar-refractivity contribution in [1.82, 2.24) is 5.32 Å². The Hall–Kier alpha value is -1.76. The fourth-order valence-electron chi connectivity index (χ4n) is 1.72. The minimum absolute atomic E-state index is 0.0226. The maximum Gasteiger partial charge on any atom is 0.319 e. The van der Waals surface area contributed by atoms with Crippen LogP contribution in [0, 0.1) is 5.92 Å². The zero-order chi connectivity index (χ0) is 16.0. The van der Waals surface area contributed by atoms with E-state index < -0.39 is 18.0 Å². The summed E-state index contributed by atoms with van der Waals surface area (Å²) < 4.78 is 5.82. The second-order valence-corrected chi connectivity index (χ2v) is 5.75. The second-order valence-electron chi connectivity index (χ2n) is 4.90. The van der Waals surface area contributed by atoms with Gasteiger partial charge in [-0.05, 0) is 40.0 Å². The summed E-state index contributed by atoms with van der Waals surface area (Å²) >= 11 is 3.33. The lowest BCUT2D eigenvalue weighted by Gasteiger charge is -2.21. The van der Waals surface area contributed by atoms with Gasteiger partial charge in [0.2, 0.25) is 0 Å². The van der Waals surface area contributed by atoms with Crippen LogP contribution in [0.2, 0.25) is 0 Å². The number of hydrogen-bond donors (Lipinski definition) is 3. The number of benzene rings is 1. The number of carboxylic acid groups (broad SMARTS) is 1. The molecule has 21 heavy (non-hydrogen) atoms. The van der Waals surface area contributed by atoms with Crippen LogP contribution in [-0.2, 0) is 4.79 Å². The molecular weight excluding hydrogens is 340 g/mol. The van der Waals surface area contributed by atoms with Crippen LogP contribution in [-0.4, -0.2) is 30.3 Å². The molecule has 1 unspecified atom stereocenters. The van der Waals surface area contributed by atoms with Crippen molar-refractivity contribution in [3.8, 4) is 5.75 Å². The van der Waals surface area contributed by atoms with E-state index in [1.165, 1.54) is 0 Å². The fourth-order valence-corrected chi connectivity index (χ4v) is 2.26. The smallest absolute Gasteiger partial charge is 0.319 e. The minimum Gasteiger partial charge on any atom is -0.496 e. The monoisotopic (exact) mass is 358 g/mol. The Morgan fingerprint density at radius 1 is 1.38 bits per heavy atom. The van der Waals surface area contributed by atoms with Gasteiger partial charge in [-0.2, -0.15) is 0 Å². The molecule has 0 heterocycles. The van der Waals surface area contributed by atoms with E-state index in [-0.39, 0.29) is 12.3 Å². The molecule has 0 spiro atoms. The standard InChI is InChI=1S/C14H19BrN2O4/c1-8(2)11(7-13(18)19)17-14(20)16-9-4-5-12(21-3)10(15)6-9/h4-6,8,11H,7H2,1-3H3,(H,18,19)(H2,16,17,20). The number of urea groups is 1. The van der Waals surface area contributed by atoms with Crippen molar-refractivity contribution in [2.75, 3.05) is 12.4 Å². The molecule has 3 N–H and O–H groups in total. The van der Waals surface area contributed by atoms with Gasteiger partial charge in [0, 0.05) is 11.7 Å². The van der Waals surface area contributed by atoms with Gasteiger partial charge in [-0.15, -0.1) is 0 Å². The van der Waals surface area contributed by atoms with Crippen LogP contribution >= 0.6 is 15.9 Å². The Balaban J connectivity index is 2.67. The minimum atomic E-state index is -0.943. The molecule has 0 saturated carbocycles. The predicted molar refractivity (Wildman–Crippen MR) is 83.7 cm³/mol. The van der Waals surface area contributed by atoms with Gasteiger partial charge in [-0.25, -0.2) is 4.79 Å². The Morgan fingerprint density at radius 2 is 2.05 bits per heavy atom. The molecule has 1 atom stereocenters. The highest BCUT2D eigenvalue weighted by atomic mass is 79.9. The highest BCUT2D eigenvalue weighted by Crippen LogP contribution is 2.27. The maximum absolute atomic E-state index is 11.9. The number of hydrogen-bond acceptors (Lipinski definition) is 3. The number of nitrogens with one attached hydrogen (secondary N) is 2. The van der Waals surface area contributed by atoms with Gasteiger partial charge in [0.05, 0.1) is 18.0 Å². The average Bonchev–Trinajstić information content (AvgIpc) is 2.37. The zero-order valence-corrected chi connectivity index (χ0v) is 13.7. The Bertz CT molecular complexity index is 520. The van der Waals surface area contributed by atoms with Crippen LogP contribution in [0.15, 0.2) is 22.7 Å². The molecule has 0 radical (unpaired) electrons. The lowest BCUT2D eigenvalue weighted by molar-refractivity contribution is -0.137. The van der Waals surface area contributed by atoms with Crippen molar-refractivity contribution in [3.05, 3.63) is 22.7 Å². The van der Waals surface area contributed by atoms with E-state index in [1.54, 1.807) is 25.3 Å². The van der Waals surface area contributed by atoms with Gasteiger partial charge in [-0.1, -0.05) is 13.8 Å². The molecule has 0 bridgehead atoms. The number of aliphatic carboxylic acids is 1. The van der Waals surface area contributed by atoms with E-state index in [2.05, 4.69) is 26.6 Å². The van der Waals surface area contributed by atoms with E-state index >= 15 is 0 Å². The summed E-state index contributed by atoms with van der Waals surface area (Å²) in [6, 6.07) is 4.26. The van der Waals surface area contributed by atoms with Crippen molar-refractivity contribution in [3.63, 3.8) is 0 Å². The first kappa shape index (κ1) is 17.3. The molecule has 0 aliphatic carbocycles. The Morgan fingerprint density at radius 3 is 2.52 bits per heavy atom. The first-order valence-corrected chi connectivity index (χ1v) is 7.25. The number of carbonyl (C=O) groups is 2. The summed E-state index contributed by atoms with van der Waals surface area (Å²) in [7, 11) is 1.55. The average molecular weight is 359 g/mol. The van der Waals surface area contributed by atoms with E-state index in [9.17, 15) is 9.59 Å². The molecule has 6 nitrogen and oxygen atoms in total. The van der Waals surface area contributed by atoms with Crippen molar-refractivity contribution in [2.24, 2.45) is 5.92 Å². The van der Waals surface area contributed by atoms with Crippen LogP contribution in [0.4, 0.5) is 10.5 Å². The molecule has 1 aromatic rings. The van der Waals surface area contributed by atoms with Gasteiger partial charge in [0.1, 0.15) is 5.75 Å². The molecule has 0 fully saturated rings. The van der Waals surface area contributed by atoms with E-state index in [1.807, 2.05) is 13.8 Å². The Kier molecular flexibility index (Phi) is 6.48. The highest BCUT2D eigenvalue weighted by Gasteiger charge is 2.19. The molecule has 116 valence electrons. The number of amides is 2. The fraction of sp³-hybridized carbons (Fsp3) is 0.429. The largest absolute Gasteiger partial charge is 0.496 e. The predicted octanol–water partition coefficient (Wildman–Crippen LogP) is 3.08. The van der Waals surface area contributed by atoms with Crippen LogP contribution in [0.3, 0.4) is 0 Å². The first-order chi connectivity index (χ1) is 9.83. The van der Waals surface area contributed by atoms with Gasteiger partial charge >= 0.3 is 12.0 Å². The van der Waals surface area contributed by atoms with Crippen LogP contribution in [0.25, 0.3) is 0 Å². The third kappa shape index (κ3) is 5.63. The summed E-state index contributed by atoms with van der Waals surface area (Å²) in [5.41, 5.74) is 0.581. The topological polar surface area (TPSA) is 87.7 Å². The summed E-state index contributed by atoms with van der Waals surface area (Å²) in [5, 5.41) is 14.2. The molecule has 0 saturated heterocycles. The van der Waals surface area contributed by atoms with Crippen molar-refractivity contribution in [2.45, 2.75) is 26.3 Å². The summed E-state index contributed by atoms with van der Waals surface area (Å²) in [6.07, 6.45) is -0.114. The van der Waals surface area contributed by atoms with E-state index in [4.69, 9.17) is 9.84 Å². The quantitative estimate of drug-likeness (QED) is 0.728. The van der Waals surface area contributed by atoms with Crippen molar-refractivity contribution in [1.29, 1.82) is 0 Å². The lowest BCUT2D eigenvalue weighted by Crippen LogP contribution is -2.42. The third-order valence-corrected chi connectivity index (χ3v) is 3.55. The maximum atomic E-state index is 11.9. The van der Waals surface area contributed by atoms with Crippen LogP contribution in [0.1, 0.15) is 20.3 Å². The third-order valence-electron chi connectivity index (χ3n) is 2.93. The van der Waals surface area contributed by atoms with Gasteiger partial charge < -0.3 is 20.5 Å². The van der Waals surface area contributed by atoms with Crippen LogP contribution in [0.5, 0.6) is 5.75 Å². The second kappa shape index (κ2) is 7.87. The zero-order valence-electron chi connectivity index (χ0n) is 12.1. The summed E-state index contributed by atoms with van der Waals surface area (Å²) in [6.45, 7) is 3.72. The van der Waals surface area contributed by atoms with Crippen molar-refractivity contribution >= 4 is 33.6 Å². The molecular formula is C14H19BrN2O4. The number of carboxylic acids is 1.